The van der Waals surface area contributed by atoms with Gasteiger partial charge < -0.3 is 24.5 Å². The molecule has 0 N–H and O–H groups in total. The highest BCUT2D eigenvalue weighted by Gasteiger charge is 2.38. The van der Waals surface area contributed by atoms with E-state index < -0.39 is 11.7 Å². The normalized spacial score (nSPS) is 13.4. The molecule has 0 fully saturated rings. The molecular weight excluding hydrogens is 1720 g/mol. The molecular formula is C107H79F7N16O5. The lowest BCUT2D eigenvalue weighted by Gasteiger charge is -2.20. The Morgan fingerprint density at radius 1 is 0.281 bits per heavy atom. The number of carbonyl (C=O) groups is 5. The van der Waals surface area contributed by atoms with E-state index in [9.17, 15) is 54.7 Å². The molecule has 0 atom stereocenters. The van der Waals surface area contributed by atoms with E-state index in [4.69, 9.17) is 0 Å². The number of hydrogen-bond acceptors (Lipinski definition) is 14. The van der Waals surface area contributed by atoms with Gasteiger partial charge in [0.2, 0.25) is 0 Å². The van der Waals surface area contributed by atoms with Crippen molar-refractivity contribution in [1.82, 2.24) is 78.9 Å². The molecule has 0 saturated heterocycles. The molecule has 5 aliphatic heterocycles. The van der Waals surface area contributed by atoms with E-state index in [0.717, 1.165) is 112 Å². The highest BCUT2D eigenvalue weighted by Crippen LogP contribution is 2.40. The van der Waals surface area contributed by atoms with Gasteiger partial charge in [0.1, 0.15) is 23.3 Å². The van der Waals surface area contributed by atoms with Gasteiger partial charge >= 0.3 is 6.18 Å². The highest BCUT2D eigenvalue weighted by molar-refractivity contribution is 6.01. The monoisotopic (exact) mass is 1800 g/mol. The van der Waals surface area contributed by atoms with Crippen LogP contribution in [0.15, 0.2) is 323 Å². The summed E-state index contributed by atoms with van der Waals surface area (Å²) >= 11 is 0. The Balaban J connectivity index is 0.000000108. The van der Waals surface area contributed by atoms with Crippen molar-refractivity contribution in [2.45, 2.75) is 71.6 Å². The highest BCUT2D eigenvalue weighted by atomic mass is 19.4. The minimum atomic E-state index is -4.51. The van der Waals surface area contributed by atoms with Gasteiger partial charge in [-0.05, 0) is 171 Å². The number of benzene rings is 9. The molecule has 18 aromatic rings. The molecule has 666 valence electrons. The van der Waals surface area contributed by atoms with E-state index in [1.165, 1.54) is 46.1 Å². The Morgan fingerprint density at radius 2 is 0.630 bits per heavy atom. The fraction of sp³-hybridized carbons (Fsp3) is 0.121. The predicted molar refractivity (Wildman–Crippen MR) is 495 cm³/mol. The number of nitrogens with zero attached hydrogens (tertiary/aromatic N) is 16. The molecule has 14 heterocycles. The molecule has 0 saturated carbocycles. The zero-order chi connectivity index (χ0) is 93.1. The first-order chi connectivity index (χ1) is 65.5. The zero-order valence-corrected chi connectivity index (χ0v) is 72.5. The number of amides is 5. The maximum absolute atomic E-state index is 14.9. The molecule has 5 aliphatic rings. The minimum Gasteiger partial charge on any atom is -0.330 e. The van der Waals surface area contributed by atoms with Crippen molar-refractivity contribution in [1.29, 1.82) is 0 Å². The second-order valence-electron chi connectivity index (χ2n) is 33.0. The van der Waals surface area contributed by atoms with Crippen molar-refractivity contribution < 1.29 is 54.7 Å². The lowest BCUT2D eigenvalue weighted by atomic mass is 9.99. The maximum atomic E-state index is 14.9. The second-order valence-corrected chi connectivity index (χ2v) is 33.0. The largest absolute Gasteiger partial charge is 0.416 e. The summed E-state index contributed by atoms with van der Waals surface area (Å²) < 4.78 is 103. The number of alkyl halides is 3. The molecule has 0 aliphatic carbocycles. The number of aromatic nitrogens is 11. The number of para-hydroxylation sites is 2. The Morgan fingerprint density at radius 3 is 1.09 bits per heavy atom. The van der Waals surface area contributed by atoms with Crippen molar-refractivity contribution in [2.75, 3.05) is 0 Å². The van der Waals surface area contributed by atoms with Gasteiger partial charge in [-0.1, -0.05) is 133 Å². The third-order valence-electron chi connectivity index (χ3n) is 24.2. The third kappa shape index (κ3) is 18.6. The number of halogens is 7. The van der Waals surface area contributed by atoms with Crippen molar-refractivity contribution in [2.24, 2.45) is 14.1 Å². The van der Waals surface area contributed by atoms with Crippen LogP contribution in [0.2, 0.25) is 0 Å². The van der Waals surface area contributed by atoms with Crippen LogP contribution in [0.3, 0.4) is 0 Å². The average molecular weight is 1800 g/mol. The molecule has 0 bridgehead atoms. The van der Waals surface area contributed by atoms with Crippen molar-refractivity contribution in [3.05, 3.63) is 436 Å². The first-order valence-corrected chi connectivity index (χ1v) is 43.2. The van der Waals surface area contributed by atoms with Gasteiger partial charge in [0.25, 0.3) is 29.5 Å². The Hall–Kier alpha value is -16.9. The van der Waals surface area contributed by atoms with Crippen molar-refractivity contribution in [3.8, 4) is 55.6 Å². The Bertz CT molecular complexity index is 7490. The molecule has 9 aromatic carbocycles. The second kappa shape index (κ2) is 37.5. The fourth-order valence-electron chi connectivity index (χ4n) is 17.3. The van der Waals surface area contributed by atoms with E-state index in [1.807, 2.05) is 141 Å². The van der Waals surface area contributed by atoms with Crippen LogP contribution in [0, 0.1) is 23.3 Å². The van der Waals surface area contributed by atoms with Gasteiger partial charge in [-0.15, -0.1) is 0 Å². The smallest absolute Gasteiger partial charge is 0.330 e. The number of carbonyl (C=O) groups excluding carboxylic acids is 5. The molecule has 135 heavy (non-hydrogen) atoms. The molecule has 9 aromatic heterocycles. The number of rotatable bonds is 15. The summed E-state index contributed by atoms with van der Waals surface area (Å²) in [5.41, 5.74) is 18.5. The molecule has 5 amide bonds. The number of aryl methyl sites for hydroxylation is 2. The first kappa shape index (κ1) is 87.4. The lowest BCUT2D eigenvalue weighted by Crippen LogP contribution is -2.25. The van der Waals surface area contributed by atoms with Crippen molar-refractivity contribution in [3.63, 3.8) is 0 Å². The van der Waals surface area contributed by atoms with Crippen LogP contribution in [0.1, 0.15) is 114 Å². The average Bonchev–Trinajstić information content (AvgIpc) is 1.52. The molecule has 0 unspecified atom stereocenters. The Labute approximate surface area is 768 Å². The lowest BCUT2D eigenvalue weighted by molar-refractivity contribution is -0.138. The summed E-state index contributed by atoms with van der Waals surface area (Å²) in [6.45, 7) is 2.76. The topological polar surface area (TPSA) is 227 Å². The Kier molecular flexibility index (Phi) is 24.3. The van der Waals surface area contributed by atoms with Crippen LogP contribution in [0.5, 0.6) is 0 Å². The van der Waals surface area contributed by atoms with Crippen LogP contribution < -0.4 is 0 Å². The van der Waals surface area contributed by atoms with Gasteiger partial charge in [-0.3, -0.25) is 68.2 Å². The number of pyridine rings is 7. The quantitative estimate of drug-likeness (QED) is 0.0870. The molecule has 28 heteroatoms. The van der Waals surface area contributed by atoms with E-state index in [1.54, 1.807) is 178 Å². The summed E-state index contributed by atoms with van der Waals surface area (Å²) in [6, 6.07) is 75.1. The molecule has 0 radical (unpaired) electrons. The van der Waals surface area contributed by atoms with Gasteiger partial charge in [0.05, 0.1) is 106 Å². The van der Waals surface area contributed by atoms with Crippen LogP contribution in [0.4, 0.5) is 30.7 Å². The van der Waals surface area contributed by atoms with Gasteiger partial charge in [-0.2, -0.15) is 23.4 Å². The maximum Gasteiger partial charge on any atom is 0.416 e. The van der Waals surface area contributed by atoms with E-state index in [0.29, 0.717) is 93.9 Å². The molecule has 21 nitrogen and oxygen atoms in total. The third-order valence-corrected chi connectivity index (χ3v) is 24.2. The van der Waals surface area contributed by atoms with Gasteiger partial charge in [-0.25, -0.2) is 17.6 Å². The molecule has 23 rings (SSSR count). The van der Waals surface area contributed by atoms with Crippen LogP contribution in [-0.2, 0) is 85.7 Å². The predicted octanol–water partition coefficient (Wildman–Crippen LogP) is 20.8. The molecule has 0 spiro atoms. The standard InChI is InChI=1S/3C23H16FN3O.C20H16F3N3O.C18H15FN4O/c24-20-12-15(17-4-1-7-21-18(17)5-2-10-25-21)8-9-16(20)13-27-14-22-19(23(27)28)6-3-11-26-22;24-20-12-15(17-9-11-26-21-6-2-1-4-18(17)21)7-8-16(20)13-27-14-22-19(23(27)28)5-3-10-25-22;24-20-11-15(18-10-16-4-1-2-6-21(16)26-12-18)7-8-17(20)13-27-14-22-19(23(27)28)5-3-9-25-22;1-25-10-16(9-24-25)13-6-7-15(18(8-13)20(21,22)23)12-26-11-14-4-2-3-5-17(14)19(26)27;1-22-9-14(8-21-22)12-4-5-13(16(19)7-12)10-23-11-17-15(18(23)24)3-2-6-20-17/h3*1-12H,13-14H2;2-10H,11-12H2,1H3;2-9H,10-11H2,1H3. The van der Waals surface area contributed by atoms with Crippen LogP contribution in [0.25, 0.3) is 88.3 Å². The van der Waals surface area contributed by atoms with E-state index >= 15 is 0 Å². The van der Waals surface area contributed by atoms with Crippen LogP contribution >= 0.6 is 0 Å². The number of hydrogen-bond donors (Lipinski definition) is 0. The van der Waals surface area contributed by atoms with Gasteiger partial charge in [0.15, 0.2) is 0 Å². The summed E-state index contributed by atoms with van der Waals surface area (Å²) in [4.78, 5) is 100. The van der Waals surface area contributed by atoms with E-state index in [2.05, 4.69) is 45.1 Å². The fourth-order valence-corrected chi connectivity index (χ4v) is 17.3. The van der Waals surface area contributed by atoms with Crippen molar-refractivity contribution >= 4 is 62.2 Å². The van der Waals surface area contributed by atoms with Gasteiger partial charge in [0, 0.05) is 170 Å². The SMILES string of the molecule is Cn1cc(-c2ccc(CN3Cc4ccccc4C3=O)c(C(F)(F)F)c2)cn1.Cn1cc(-c2ccc(CN3Cc4ncccc4C3=O)c(F)c2)cn1.O=C1c2cccnc2CN1Cc1ccc(-c2cccc3ncccc23)cc1F.O=C1c2cccnc2CN1Cc1ccc(-c2ccnc3ccccc23)cc1F.O=C1c2cccnc2CN1Cc1ccc(-c2cnc3ccccc3c2)cc1F. The zero-order valence-electron chi connectivity index (χ0n) is 72.5. The van der Waals surface area contributed by atoms with E-state index in [-0.39, 0.29) is 91.1 Å². The minimum absolute atomic E-state index is 0.0799. The number of fused-ring (bicyclic) bond motifs is 8. The first-order valence-electron chi connectivity index (χ1n) is 43.2. The summed E-state index contributed by atoms with van der Waals surface area (Å²) in [5, 5.41) is 11.1. The summed E-state index contributed by atoms with van der Waals surface area (Å²) in [5.74, 6) is -1.96. The van der Waals surface area contributed by atoms with Crippen LogP contribution in [-0.4, -0.2) is 108 Å². The summed E-state index contributed by atoms with van der Waals surface area (Å²) in [7, 11) is 3.53. The summed E-state index contributed by atoms with van der Waals surface area (Å²) in [6.07, 6.45) is 14.1.